The second-order valence-electron chi connectivity index (χ2n) is 7.65. The summed E-state index contributed by atoms with van der Waals surface area (Å²) in [6, 6.07) is 13.6. The summed E-state index contributed by atoms with van der Waals surface area (Å²) >= 11 is 0. The van der Waals surface area contributed by atoms with Crippen molar-refractivity contribution >= 4 is 5.91 Å². The average molecular weight is 390 g/mol. The molecule has 0 saturated carbocycles. The van der Waals surface area contributed by atoms with Gasteiger partial charge in [-0.1, -0.05) is 23.4 Å². The van der Waals surface area contributed by atoms with Crippen LogP contribution in [-0.4, -0.2) is 44.6 Å². The molecule has 7 nitrogen and oxygen atoms in total. The van der Waals surface area contributed by atoms with Crippen molar-refractivity contribution in [1.29, 1.82) is 0 Å². The minimum absolute atomic E-state index is 0.0568. The van der Waals surface area contributed by atoms with Crippen molar-refractivity contribution in [3.63, 3.8) is 0 Å². The lowest BCUT2D eigenvalue weighted by Gasteiger charge is -2.37. The molecule has 0 radical (unpaired) electrons. The van der Waals surface area contributed by atoms with Gasteiger partial charge in [0, 0.05) is 36.0 Å². The lowest BCUT2D eigenvalue weighted by molar-refractivity contribution is -0.138. The second kappa shape index (κ2) is 7.66. The lowest BCUT2D eigenvalue weighted by Crippen LogP contribution is -2.47. The molecule has 148 valence electrons. The van der Waals surface area contributed by atoms with Crippen molar-refractivity contribution in [2.45, 2.75) is 43.7 Å². The van der Waals surface area contributed by atoms with Gasteiger partial charge < -0.3 is 14.2 Å². The number of fused-ring (bicyclic) bond motifs is 2. The van der Waals surface area contributed by atoms with Crippen molar-refractivity contribution in [2.24, 2.45) is 0 Å². The Kier molecular flexibility index (Phi) is 4.71. The minimum atomic E-state index is 0.0568. The van der Waals surface area contributed by atoms with E-state index in [1.807, 2.05) is 47.4 Å². The van der Waals surface area contributed by atoms with Gasteiger partial charge in [-0.2, -0.15) is 4.98 Å². The number of carbonyl (C=O) groups is 1. The molecule has 2 aliphatic heterocycles. The highest BCUT2D eigenvalue weighted by Crippen LogP contribution is 2.43. The maximum absolute atomic E-state index is 12.8. The van der Waals surface area contributed by atoms with Crippen molar-refractivity contribution in [2.75, 3.05) is 6.61 Å². The zero-order valence-corrected chi connectivity index (χ0v) is 16.0. The number of benzene rings is 1. The van der Waals surface area contributed by atoms with E-state index in [-0.39, 0.29) is 30.5 Å². The zero-order valence-electron chi connectivity index (χ0n) is 16.0. The van der Waals surface area contributed by atoms with Crippen molar-refractivity contribution in [3.05, 3.63) is 60.7 Å². The molecule has 1 amide bonds. The number of pyridine rings is 1. The summed E-state index contributed by atoms with van der Waals surface area (Å²) < 4.78 is 11.2. The van der Waals surface area contributed by atoms with Crippen molar-refractivity contribution in [1.82, 2.24) is 20.0 Å². The predicted molar refractivity (Wildman–Crippen MR) is 105 cm³/mol. The molecular weight excluding hydrogens is 368 g/mol. The minimum Gasteiger partial charge on any atom is -0.484 e. The Morgan fingerprint density at radius 3 is 2.62 bits per heavy atom. The molecule has 0 N–H and O–H groups in total. The van der Waals surface area contributed by atoms with Crippen LogP contribution in [0.2, 0.25) is 0 Å². The van der Waals surface area contributed by atoms with Crippen LogP contribution in [0.1, 0.15) is 37.5 Å². The fourth-order valence-corrected chi connectivity index (χ4v) is 4.54. The summed E-state index contributed by atoms with van der Waals surface area (Å²) in [5.74, 6) is 2.19. The van der Waals surface area contributed by atoms with Gasteiger partial charge in [0.2, 0.25) is 11.7 Å². The third-order valence-electron chi connectivity index (χ3n) is 5.84. The van der Waals surface area contributed by atoms with Crippen LogP contribution in [0.3, 0.4) is 0 Å². The fourth-order valence-electron chi connectivity index (χ4n) is 4.54. The highest BCUT2D eigenvalue weighted by molar-refractivity contribution is 5.79. The number of nitrogens with zero attached hydrogens (tertiary/aromatic N) is 4. The Morgan fingerprint density at radius 2 is 1.90 bits per heavy atom. The van der Waals surface area contributed by atoms with Crippen LogP contribution < -0.4 is 4.74 Å². The van der Waals surface area contributed by atoms with Gasteiger partial charge >= 0.3 is 0 Å². The fraction of sp³-hybridized carbons (Fsp3) is 0.364. The van der Waals surface area contributed by atoms with Gasteiger partial charge in [0.1, 0.15) is 5.75 Å². The first-order valence-electron chi connectivity index (χ1n) is 10.0. The maximum atomic E-state index is 12.8. The van der Waals surface area contributed by atoms with E-state index in [0.29, 0.717) is 11.7 Å². The molecular formula is C22H22N4O3. The van der Waals surface area contributed by atoms with E-state index in [9.17, 15) is 4.79 Å². The second-order valence-corrected chi connectivity index (χ2v) is 7.65. The summed E-state index contributed by atoms with van der Waals surface area (Å²) in [6.07, 6.45) is 7.18. The number of piperidine rings is 1. The van der Waals surface area contributed by atoms with Gasteiger partial charge in [-0.15, -0.1) is 0 Å². The molecule has 4 heterocycles. The summed E-state index contributed by atoms with van der Waals surface area (Å²) in [5, 5.41) is 4.12. The smallest absolute Gasteiger partial charge is 0.261 e. The van der Waals surface area contributed by atoms with Crippen molar-refractivity contribution in [3.8, 4) is 17.1 Å². The van der Waals surface area contributed by atoms with E-state index in [0.717, 1.165) is 37.0 Å². The molecule has 2 saturated heterocycles. The molecule has 0 spiro atoms. The monoisotopic (exact) mass is 390 g/mol. The van der Waals surface area contributed by atoms with Gasteiger partial charge in [-0.05, 0) is 49.9 Å². The summed E-state index contributed by atoms with van der Waals surface area (Å²) in [6.45, 7) is 0.0768. The topological polar surface area (TPSA) is 81.4 Å². The number of aromatic nitrogens is 3. The molecule has 2 bridgehead atoms. The molecule has 7 heteroatoms. The first-order valence-corrected chi connectivity index (χ1v) is 10.0. The molecule has 1 unspecified atom stereocenters. The molecule has 29 heavy (non-hydrogen) atoms. The van der Waals surface area contributed by atoms with Crippen LogP contribution in [0, 0.1) is 0 Å². The Bertz CT molecular complexity index is 962. The van der Waals surface area contributed by atoms with Crippen LogP contribution in [0.15, 0.2) is 59.4 Å². The molecule has 0 aliphatic carbocycles. The highest BCUT2D eigenvalue weighted by Gasteiger charge is 2.45. The van der Waals surface area contributed by atoms with E-state index in [1.54, 1.807) is 12.4 Å². The van der Waals surface area contributed by atoms with Gasteiger partial charge in [0.05, 0.1) is 0 Å². The Balaban J connectivity index is 1.24. The van der Waals surface area contributed by atoms with Gasteiger partial charge in [0.15, 0.2) is 6.61 Å². The molecule has 2 aliphatic rings. The first-order chi connectivity index (χ1) is 14.3. The molecule has 2 aromatic heterocycles. The normalized spacial score (nSPS) is 23.2. The molecule has 5 rings (SSSR count). The van der Waals surface area contributed by atoms with E-state index in [2.05, 4.69) is 15.1 Å². The number of rotatable bonds is 5. The third kappa shape index (κ3) is 3.60. The van der Waals surface area contributed by atoms with E-state index in [4.69, 9.17) is 9.26 Å². The van der Waals surface area contributed by atoms with Crippen LogP contribution in [0.5, 0.6) is 5.75 Å². The Hall–Kier alpha value is -3.22. The number of hydrogen-bond donors (Lipinski definition) is 0. The highest BCUT2D eigenvalue weighted by atomic mass is 16.5. The molecule has 3 aromatic rings. The van der Waals surface area contributed by atoms with E-state index < -0.39 is 0 Å². The summed E-state index contributed by atoms with van der Waals surface area (Å²) in [7, 11) is 0. The number of para-hydroxylation sites is 1. The number of ether oxygens (including phenoxy) is 1. The number of hydrogen-bond acceptors (Lipinski definition) is 6. The van der Waals surface area contributed by atoms with Crippen LogP contribution in [0.4, 0.5) is 0 Å². The largest absolute Gasteiger partial charge is 0.484 e. The summed E-state index contributed by atoms with van der Waals surface area (Å²) in [4.78, 5) is 23.5. The Morgan fingerprint density at radius 1 is 1.10 bits per heavy atom. The van der Waals surface area contributed by atoms with Crippen LogP contribution in [-0.2, 0) is 4.79 Å². The first kappa shape index (κ1) is 17.8. The van der Waals surface area contributed by atoms with Crippen LogP contribution in [0.25, 0.3) is 11.4 Å². The van der Waals surface area contributed by atoms with Gasteiger partial charge in [-0.25, -0.2) is 0 Å². The molecule has 3 atom stereocenters. The standard InChI is InChI=1S/C22H22N4O3/c27-20(14-28-19-6-2-1-3-7-19)26-17-8-9-18(26)12-16(11-17)22-24-21(25-29-22)15-5-4-10-23-13-15/h1-7,10,13,16-18H,8-9,11-12,14H2/t16?,17-,18+. The predicted octanol–water partition coefficient (Wildman–Crippen LogP) is 3.45. The van der Waals surface area contributed by atoms with Crippen LogP contribution >= 0.6 is 0 Å². The van der Waals surface area contributed by atoms with Crippen molar-refractivity contribution < 1.29 is 14.1 Å². The quantitative estimate of drug-likeness (QED) is 0.664. The Labute approximate surface area is 168 Å². The average Bonchev–Trinajstić information content (AvgIpc) is 3.36. The molecule has 1 aromatic carbocycles. The van der Waals surface area contributed by atoms with Gasteiger partial charge in [-0.3, -0.25) is 9.78 Å². The number of amides is 1. The summed E-state index contributed by atoms with van der Waals surface area (Å²) in [5.41, 5.74) is 0.844. The zero-order chi connectivity index (χ0) is 19.6. The van der Waals surface area contributed by atoms with E-state index >= 15 is 0 Å². The lowest BCUT2D eigenvalue weighted by atomic mass is 9.90. The van der Waals surface area contributed by atoms with Gasteiger partial charge in [0.25, 0.3) is 5.91 Å². The SMILES string of the molecule is O=C(COc1ccccc1)N1[C@@H]2CC[C@H]1CC(c1nc(-c3cccnc3)no1)C2. The van der Waals surface area contributed by atoms with E-state index in [1.165, 1.54) is 0 Å². The maximum Gasteiger partial charge on any atom is 0.261 e. The molecule has 2 fully saturated rings. The third-order valence-corrected chi connectivity index (χ3v) is 5.84. The number of carbonyl (C=O) groups excluding carboxylic acids is 1.